The first-order valence-corrected chi connectivity index (χ1v) is 6.29. The summed E-state index contributed by atoms with van der Waals surface area (Å²) in [6, 6.07) is 0. The summed E-state index contributed by atoms with van der Waals surface area (Å²) in [5.41, 5.74) is 0.0261. The molecule has 2 saturated heterocycles. The van der Waals surface area contributed by atoms with Crippen LogP contribution in [-0.4, -0.2) is 24.2 Å². The van der Waals surface area contributed by atoms with Crippen molar-refractivity contribution < 1.29 is 9.53 Å². The first kappa shape index (κ1) is 11.9. The van der Waals surface area contributed by atoms with Gasteiger partial charge in [0.25, 0.3) is 0 Å². The molecule has 2 rings (SSSR count). The lowest BCUT2D eigenvalue weighted by molar-refractivity contribution is -0.120. The lowest BCUT2D eigenvalue weighted by atomic mass is 9.65. The smallest absolute Gasteiger partial charge is 0.221 e. The molecule has 16 heavy (non-hydrogen) atoms. The predicted octanol–water partition coefficient (Wildman–Crippen LogP) is 2.11. The van der Waals surface area contributed by atoms with Crippen LogP contribution >= 0.6 is 0 Å². The maximum Gasteiger partial charge on any atom is 0.221 e. The van der Waals surface area contributed by atoms with Crippen molar-refractivity contribution in [1.29, 1.82) is 0 Å². The Balaban J connectivity index is 2.21. The summed E-state index contributed by atoms with van der Waals surface area (Å²) in [4.78, 5) is 11.7. The Bertz CT molecular complexity index is 298. The highest BCUT2D eigenvalue weighted by molar-refractivity contribution is 5.80. The molecule has 3 heteroatoms. The van der Waals surface area contributed by atoms with Crippen LogP contribution in [0, 0.1) is 11.3 Å². The first-order chi connectivity index (χ1) is 7.36. The van der Waals surface area contributed by atoms with Crippen LogP contribution in [0.5, 0.6) is 0 Å². The van der Waals surface area contributed by atoms with Gasteiger partial charge in [0.1, 0.15) is 0 Å². The average Bonchev–Trinajstić information content (AvgIpc) is 2.36. The number of carbonyl (C=O) groups is 1. The Kier molecular flexibility index (Phi) is 2.77. The molecule has 2 aliphatic heterocycles. The zero-order chi connectivity index (χ0) is 12.0. The van der Waals surface area contributed by atoms with Gasteiger partial charge in [0.15, 0.2) is 0 Å². The fourth-order valence-electron chi connectivity index (χ4n) is 3.16. The molecule has 0 aliphatic carbocycles. The summed E-state index contributed by atoms with van der Waals surface area (Å²) >= 11 is 0. The second-order valence-electron chi connectivity index (χ2n) is 6.24. The quantitative estimate of drug-likeness (QED) is 0.742. The van der Waals surface area contributed by atoms with Crippen molar-refractivity contribution in [3.63, 3.8) is 0 Å². The monoisotopic (exact) mass is 225 g/mol. The van der Waals surface area contributed by atoms with Crippen molar-refractivity contribution in [3.8, 4) is 0 Å². The normalized spacial score (nSPS) is 38.1. The Morgan fingerprint density at radius 1 is 1.44 bits per heavy atom. The highest BCUT2D eigenvalue weighted by atomic mass is 16.5. The summed E-state index contributed by atoms with van der Waals surface area (Å²) in [7, 11) is 0. The molecule has 0 saturated carbocycles. The van der Waals surface area contributed by atoms with Crippen LogP contribution in [0.2, 0.25) is 0 Å². The number of ether oxygens (including phenoxy) is 1. The van der Waals surface area contributed by atoms with Gasteiger partial charge in [-0.15, -0.1) is 0 Å². The molecule has 0 radical (unpaired) electrons. The Labute approximate surface area is 97.9 Å². The van der Waals surface area contributed by atoms with Crippen LogP contribution in [0.4, 0.5) is 0 Å². The minimum absolute atomic E-state index is 0.0823. The van der Waals surface area contributed by atoms with Gasteiger partial charge < -0.3 is 10.1 Å². The van der Waals surface area contributed by atoms with Gasteiger partial charge >= 0.3 is 0 Å². The van der Waals surface area contributed by atoms with Crippen molar-refractivity contribution in [2.75, 3.05) is 6.61 Å². The fourth-order valence-corrected chi connectivity index (χ4v) is 3.16. The zero-order valence-electron chi connectivity index (χ0n) is 10.8. The van der Waals surface area contributed by atoms with Gasteiger partial charge in [0.05, 0.1) is 6.10 Å². The van der Waals surface area contributed by atoms with E-state index in [1.54, 1.807) is 0 Å². The fraction of sp³-hybridized carbons (Fsp3) is 0.923. The Morgan fingerprint density at radius 2 is 2.12 bits per heavy atom. The maximum atomic E-state index is 11.7. The third kappa shape index (κ3) is 1.75. The van der Waals surface area contributed by atoms with E-state index in [4.69, 9.17) is 4.74 Å². The molecular formula is C13H23NO2. The average molecular weight is 225 g/mol. The van der Waals surface area contributed by atoms with Crippen LogP contribution < -0.4 is 5.32 Å². The molecular weight excluding hydrogens is 202 g/mol. The zero-order valence-corrected chi connectivity index (χ0v) is 10.8. The molecule has 1 spiro atoms. The maximum absolute atomic E-state index is 11.7. The third-order valence-corrected chi connectivity index (χ3v) is 4.52. The lowest BCUT2D eigenvalue weighted by Gasteiger charge is -2.46. The van der Waals surface area contributed by atoms with Gasteiger partial charge in [-0.25, -0.2) is 0 Å². The van der Waals surface area contributed by atoms with E-state index >= 15 is 0 Å². The predicted molar refractivity (Wildman–Crippen MR) is 63.1 cm³/mol. The molecule has 92 valence electrons. The molecule has 0 bridgehead atoms. The van der Waals surface area contributed by atoms with E-state index in [1.165, 1.54) is 0 Å². The molecule has 2 fully saturated rings. The van der Waals surface area contributed by atoms with E-state index in [0.717, 1.165) is 19.4 Å². The van der Waals surface area contributed by atoms with E-state index in [9.17, 15) is 4.79 Å². The Hall–Kier alpha value is -0.570. The molecule has 0 aromatic carbocycles. The highest BCUT2D eigenvalue weighted by Gasteiger charge is 2.54. The summed E-state index contributed by atoms with van der Waals surface area (Å²) in [6.07, 6.45) is 2.99. The van der Waals surface area contributed by atoms with Crippen LogP contribution in [0.3, 0.4) is 0 Å². The van der Waals surface area contributed by atoms with E-state index in [2.05, 4.69) is 33.0 Å². The number of amides is 1. The SMILES string of the molecule is CC(C)C1CC2(CCO1)CC(=O)NC2(C)C. The molecule has 2 aliphatic rings. The van der Waals surface area contributed by atoms with Crippen molar-refractivity contribution in [2.45, 2.75) is 58.6 Å². The van der Waals surface area contributed by atoms with Crippen molar-refractivity contribution in [1.82, 2.24) is 5.32 Å². The van der Waals surface area contributed by atoms with Gasteiger partial charge in [0.2, 0.25) is 5.91 Å². The van der Waals surface area contributed by atoms with Gasteiger partial charge in [-0.05, 0) is 32.6 Å². The van der Waals surface area contributed by atoms with Crippen LogP contribution in [0.15, 0.2) is 0 Å². The minimum atomic E-state index is -0.0823. The van der Waals surface area contributed by atoms with E-state index in [0.29, 0.717) is 18.4 Å². The van der Waals surface area contributed by atoms with Gasteiger partial charge in [0, 0.05) is 24.0 Å². The van der Waals surface area contributed by atoms with Crippen molar-refractivity contribution in [3.05, 3.63) is 0 Å². The van der Waals surface area contributed by atoms with Gasteiger partial charge in [-0.2, -0.15) is 0 Å². The van der Waals surface area contributed by atoms with Crippen LogP contribution in [0.1, 0.15) is 47.0 Å². The second kappa shape index (κ2) is 3.73. The number of hydrogen-bond acceptors (Lipinski definition) is 2. The number of rotatable bonds is 1. The van der Waals surface area contributed by atoms with Crippen LogP contribution in [0.25, 0.3) is 0 Å². The Morgan fingerprint density at radius 3 is 2.62 bits per heavy atom. The standard InChI is InChI=1S/C13H23NO2/c1-9(2)10-7-13(5-6-16-10)8-11(15)14-12(13,3)4/h9-10H,5-8H2,1-4H3,(H,14,15). The molecule has 0 aromatic heterocycles. The molecule has 0 aromatic rings. The molecule has 2 atom stereocenters. The lowest BCUT2D eigenvalue weighted by Crippen LogP contribution is -2.52. The molecule has 2 unspecified atom stereocenters. The third-order valence-electron chi connectivity index (χ3n) is 4.52. The van der Waals surface area contributed by atoms with Crippen molar-refractivity contribution >= 4 is 5.91 Å². The first-order valence-electron chi connectivity index (χ1n) is 6.29. The summed E-state index contributed by atoms with van der Waals surface area (Å²) in [6.45, 7) is 9.49. The number of carbonyl (C=O) groups excluding carboxylic acids is 1. The molecule has 1 N–H and O–H groups in total. The van der Waals surface area contributed by atoms with E-state index < -0.39 is 0 Å². The molecule has 2 heterocycles. The number of nitrogens with one attached hydrogen (secondary N) is 1. The molecule has 1 amide bonds. The molecule has 3 nitrogen and oxygen atoms in total. The van der Waals surface area contributed by atoms with E-state index in [-0.39, 0.29) is 16.9 Å². The highest BCUT2D eigenvalue weighted by Crippen LogP contribution is 2.49. The summed E-state index contributed by atoms with van der Waals surface area (Å²) in [5.74, 6) is 0.734. The second-order valence-corrected chi connectivity index (χ2v) is 6.24. The van der Waals surface area contributed by atoms with Crippen molar-refractivity contribution in [2.24, 2.45) is 11.3 Å². The summed E-state index contributed by atoms with van der Waals surface area (Å²) in [5, 5.41) is 3.12. The van der Waals surface area contributed by atoms with Gasteiger partial charge in [-0.1, -0.05) is 13.8 Å². The van der Waals surface area contributed by atoms with Crippen LogP contribution in [-0.2, 0) is 9.53 Å². The minimum Gasteiger partial charge on any atom is -0.378 e. The van der Waals surface area contributed by atoms with Gasteiger partial charge in [-0.3, -0.25) is 4.79 Å². The van der Waals surface area contributed by atoms with E-state index in [1.807, 2.05) is 0 Å². The summed E-state index contributed by atoms with van der Waals surface area (Å²) < 4.78 is 5.82. The topological polar surface area (TPSA) is 38.3 Å². The largest absolute Gasteiger partial charge is 0.378 e. The number of hydrogen-bond donors (Lipinski definition) is 1.